The zero-order chi connectivity index (χ0) is 16.7. The summed E-state index contributed by atoms with van der Waals surface area (Å²) in [4.78, 5) is 4.77. The van der Waals surface area contributed by atoms with E-state index in [2.05, 4.69) is 81.5 Å². The largest absolute Gasteiger partial charge is 0.376 e. The number of rotatable bonds is 4. The Kier molecular flexibility index (Phi) is 7.26. The van der Waals surface area contributed by atoms with Crippen molar-refractivity contribution >= 4 is 57.8 Å². The molecular formula is C20H26BrCl2N3. The standard InChI is InChI=1S/C20H24BrN3.2ClH/c1-23(2)11-4-7-17-16-6-3-5-14-10-12-24(20(14)16)19-9-8-15(21)13-18(19)22-17;;/h3,5-6,8-9,13,17,22H,4,7,10-12H2,1-2H3;2*1H. The van der Waals surface area contributed by atoms with Crippen LogP contribution in [-0.2, 0) is 6.42 Å². The molecule has 0 saturated heterocycles. The van der Waals surface area contributed by atoms with Gasteiger partial charge in [0.2, 0.25) is 0 Å². The number of nitrogens with zero attached hydrogens (tertiary/aromatic N) is 2. The maximum atomic E-state index is 3.83. The second-order valence-corrected chi connectivity index (χ2v) is 7.98. The van der Waals surface area contributed by atoms with Gasteiger partial charge in [-0.05, 0) is 69.2 Å². The van der Waals surface area contributed by atoms with E-state index in [1.165, 1.54) is 34.6 Å². The van der Waals surface area contributed by atoms with Crippen molar-refractivity contribution in [3.05, 3.63) is 52.0 Å². The second kappa shape index (κ2) is 8.83. The van der Waals surface area contributed by atoms with Gasteiger partial charge in [-0.15, -0.1) is 24.8 Å². The van der Waals surface area contributed by atoms with E-state index in [-0.39, 0.29) is 24.8 Å². The van der Waals surface area contributed by atoms with Gasteiger partial charge in [0.15, 0.2) is 0 Å². The normalized spacial score (nSPS) is 16.8. The Hall–Kier alpha value is -0.940. The van der Waals surface area contributed by atoms with Gasteiger partial charge >= 0.3 is 0 Å². The highest BCUT2D eigenvalue weighted by Crippen LogP contribution is 2.47. The topological polar surface area (TPSA) is 18.5 Å². The minimum absolute atomic E-state index is 0. The van der Waals surface area contributed by atoms with Crippen molar-refractivity contribution in [2.24, 2.45) is 0 Å². The SMILES string of the molecule is CN(C)CCCC1Nc2cc(Br)ccc2N2CCc3cccc1c32.Cl.Cl. The highest BCUT2D eigenvalue weighted by atomic mass is 79.9. The summed E-state index contributed by atoms with van der Waals surface area (Å²) in [6, 6.07) is 13.8. The van der Waals surface area contributed by atoms with E-state index in [1.807, 2.05) is 0 Å². The third-order valence-electron chi connectivity index (χ3n) is 5.08. The molecule has 2 aliphatic rings. The van der Waals surface area contributed by atoms with Crippen molar-refractivity contribution in [2.45, 2.75) is 25.3 Å². The summed E-state index contributed by atoms with van der Waals surface area (Å²) in [6.07, 6.45) is 3.48. The van der Waals surface area contributed by atoms with Crippen LogP contribution in [0.1, 0.15) is 30.0 Å². The summed E-state index contributed by atoms with van der Waals surface area (Å²) in [7, 11) is 4.30. The molecule has 1 N–H and O–H groups in total. The quantitative estimate of drug-likeness (QED) is 0.624. The Bertz CT molecular complexity index is 767. The molecule has 0 aliphatic carbocycles. The zero-order valence-corrected chi connectivity index (χ0v) is 18.4. The number of benzene rings is 2. The van der Waals surface area contributed by atoms with Gasteiger partial charge in [0.05, 0.1) is 17.4 Å². The molecule has 0 saturated carbocycles. The fourth-order valence-corrected chi connectivity index (χ4v) is 4.33. The van der Waals surface area contributed by atoms with Crippen molar-refractivity contribution in [3.63, 3.8) is 0 Å². The molecule has 142 valence electrons. The van der Waals surface area contributed by atoms with Gasteiger partial charge in [-0.3, -0.25) is 0 Å². The van der Waals surface area contributed by atoms with Gasteiger partial charge in [-0.25, -0.2) is 0 Å². The monoisotopic (exact) mass is 457 g/mol. The Morgan fingerprint density at radius 3 is 2.77 bits per heavy atom. The molecule has 2 aromatic rings. The van der Waals surface area contributed by atoms with Crippen LogP contribution in [0, 0.1) is 0 Å². The van der Waals surface area contributed by atoms with Crippen LogP contribution in [0.3, 0.4) is 0 Å². The van der Waals surface area contributed by atoms with Crippen LogP contribution in [0.4, 0.5) is 17.1 Å². The van der Waals surface area contributed by atoms with Gasteiger partial charge in [0.25, 0.3) is 0 Å². The number of fused-ring (bicyclic) bond motifs is 2. The fraction of sp³-hybridized carbons (Fsp3) is 0.400. The molecule has 2 heterocycles. The van der Waals surface area contributed by atoms with Gasteiger partial charge in [-0.2, -0.15) is 0 Å². The second-order valence-electron chi connectivity index (χ2n) is 7.06. The van der Waals surface area contributed by atoms with E-state index in [9.17, 15) is 0 Å². The smallest absolute Gasteiger partial charge is 0.0647 e. The van der Waals surface area contributed by atoms with Crippen molar-refractivity contribution in [1.82, 2.24) is 4.90 Å². The summed E-state index contributed by atoms with van der Waals surface area (Å²) in [5.74, 6) is 0. The molecule has 4 rings (SSSR count). The molecule has 0 fully saturated rings. The average molecular weight is 459 g/mol. The first-order valence-corrected chi connectivity index (χ1v) is 9.53. The first kappa shape index (κ1) is 21.4. The van der Waals surface area contributed by atoms with Crippen LogP contribution in [-0.4, -0.2) is 32.1 Å². The lowest BCUT2D eigenvalue weighted by atomic mass is 9.97. The molecule has 2 aromatic carbocycles. The summed E-state index contributed by atoms with van der Waals surface area (Å²) in [6.45, 7) is 2.20. The van der Waals surface area contributed by atoms with E-state index in [0.717, 1.165) is 30.4 Å². The summed E-state index contributed by atoms with van der Waals surface area (Å²) < 4.78 is 1.13. The van der Waals surface area contributed by atoms with Gasteiger partial charge in [0, 0.05) is 16.7 Å². The first-order chi connectivity index (χ1) is 11.6. The highest BCUT2D eigenvalue weighted by Gasteiger charge is 2.31. The zero-order valence-electron chi connectivity index (χ0n) is 15.2. The lowest BCUT2D eigenvalue weighted by molar-refractivity contribution is 0.388. The van der Waals surface area contributed by atoms with E-state index in [1.54, 1.807) is 0 Å². The van der Waals surface area contributed by atoms with Crippen LogP contribution in [0.15, 0.2) is 40.9 Å². The predicted octanol–water partition coefficient (Wildman–Crippen LogP) is 5.80. The molecule has 0 radical (unpaired) electrons. The summed E-state index contributed by atoms with van der Waals surface area (Å²) in [5.41, 5.74) is 6.93. The molecule has 1 unspecified atom stereocenters. The third-order valence-corrected chi connectivity index (χ3v) is 5.57. The molecule has 1 atom stereocenters. The van der Waals surface area contributed by atoms with Crippen molar-refractivity contribution in [3.8, 4) is 0 Å². The Morgan fingerprint density at radius 2 is 2.00 bits per heavy atom. The van der Waals surface area contributed by atoms with Crippen molar-refractivity contribution in [1.29, 1.82) is 0 Å². The predicted molar refractivity (Wildman–Crippen MR) is 120 cm³/mol. The number of hydrogen-bond donors (Lipinski definition) is 1. The Labute approximate surface area is 177 Å². The van der Waals surface area contributed by atoms with Crippen molar-refractivity contribution < 1.29 is 0 Å². The summed E-state index contributed by atoms with van der Waals surface area (Å²) in [5, 5.41) is 3.83. The minimum Gasteiger partial charge on any atom is -0.376 e. The van der Waals surface area contributed by atoms with E-state index in [4.69, 9.17) is 0 Å². The number of anilines is 3. The molecule has 26 heavy (non-hydrogen) atoms. The van der Waals surface area contributed by atoms with Gasteiger partial charge in [-0.1, -0.05) is 34.1 Å². The van der Waals surface area contributed by atoms with Gasteiger partial charge in [0.1, 0.15) is 0 Å². The fourth-order valence-electron chi connectivity index (χ4n) is 3.97. The maximum Gasteiger partial charge on any atom is 0.0647 e. The lowest BCUT2D eigenvalue weighted by Crippen LogP contribution is -2.16. The highest BCUT2D eigenvalue weighted by molar-refractivity contribution is 9.10. The molecule has 3 nitrogen and oxygen atoms in total. The molecule has 0 amide bonds. The average Bonchev–Trinajstić information content (AvgIpc) is 2.92. The minimum atomic E-state index is 0. The Balaban J connectivity index is 0.00000121. The van der Waals surface area contributed by atoms with E-state index < -0.39 is 0 Å². The van der Waals surface area contributed by atoms with Crippen LogP contribution in [0.5, 0.6) is 0 Å². The van der Waals surface area contributed by atoms with Crippen molar-refractivity contribution in [2.75, 3.05) is 37.4 Å². The first-order valence-electron chi connectivity index (χ1n) is 8.73. The van der Waals surface area contributed by atoms with E-state index >= 15 is 0 Å². The maximum absolute atomic E-state index is 3.83. The lowest BCUT2D eigenvalue weighted by Gasteiger charge is -2.22. The van der Waals surface area contributed by atoms with Gasteiger partial charge < -0.3 is 15.1 Å². The third kappa shape index (κ3) is 3.99. The number of hydrogen-bond acceptors (Lipinski definition) is 3. The molecule has 0 bridgehead atoms. The molecule has 2 aliphatic heterocycles. The summed E-state index contributed by atoms with van der Waals surface area (Å²) >= 11 is 3.63. The molecule has 0 spiro atoms. The van der Waals surface area contributed by atoms with Crippen LogP contribution in [0.2, 0.25) is 0 Å². The van der Waals surface area contributed by atoms with Crippen LogP contribution < -0.4 is 10.2 Å². The number of para-hydroxylation sites is 1. The van der Waals surface area contributed by atoms with E-state index in [0.29, 0.717) is 6.04 Å². The van der Waals surface area contributed by atoms with Crippen LogP contribution >= 0.6 is 40.7 Å². The molecule has 0 aromatic heterocycles. The molecule has 6 heteroatoms. The number of halogens is 3. The Morgan fingerprint density at radius 1 is 1.19 bits per heavy atom. The van der Waals surface area contributed by atoms with Crippen LogP contribution in [0.25, 0.3) is 0 Å². The number of nitrogens with one attached hydrogen (secondary N) is 1. The molecular weight excluding hydrogens is 433 g/mol.